The van der Waals surface area contributed by atoms with E-state index in [1.807, 2.05) is 42.5 Å². The summed E-state index contributed by atoms with van der Waals surface area (Å²) in [5.74, 6) is 0.172. The molecule has 0 saturated carbocycles. The third-order valence-electron chi connectivity index (χ3n) is 4.92. The lowest BCUT2D eigenvalue weighted by Crippen LogP contribution is -2.38. The first-order valence-corrected chi connectivity index (χ1v) is 10.4. The summed E-state index contributed by atoms with van der Waals surface area (Å²) in [4.78, 5) is 39.0. The van der Waals surface area contributed by atoms with Gasteiger partial charge in [-0.05, 0) is 29.3 Å². The topological polar surface area (TPSA) is 79.5 Å². The van der Waals surface area contributed by atoms with Crippen LogP contribution < -0.4 is 16.0 Å². The summed E-state index contributed by atoms with van der Waals surface area (Å²) in [5, 5.41) is 0.319. The molecule has 31 heavy (non-hydrogen) atoms. The molecule has 0 aliphatic rings. The van der Waals surface area contributed by atoms with Crippen molar-refractivity contribution in [3.8, 4) is 5.75 Å². The first kappa shape index (κ1) is 20.6. The molecule has 0 spiro atoms. The van der Waals surface area contributed by atoms with Crippen LogP contribution in [0.1, 0.15) is 20.8 Å². The van der Waals surface area contributed by atoms with Crippen LogP contribution in [-0.2, 0) is 24.9 Å². The minimum atomic E-state index is -0.543. The molecule has 0 atom stereocenters. The van der Waals surface area contributed by atoms with Crippen molar-refractivity contribution < 1.29 is 14.3 Å². The minimum Gasteiger partial charge on any atom is -0.497 e. The molecule has 0 unspecified atom stereocenters. The highest BCUT2D eigenvalue weighted by Crippen LogP contribution is 2.23. The van der Waals surface area contributed by atoms with Crippen molar-refractivity contribution in [2.45, 2.75) is 13.2 Å². The van der Waals surface area contributed by atoms with Crippen molar-refractivity contribution in [2.75, 3.05) is 7.11 Å². The summed E-state index contributed by atoms with van der Waals surface area (Å²) in [7, 11) is 3.17. The minimum absolute atomic E-state index is 0.0915. The van der Waals surface area contributed by atoms with Gasteiger partial charge in [-0.15, -0.1) is 11.3 Å². The number of benzene rings is 2. The molecule has 0 amide bonds. The van der Waals surface area contributed by atoms with Gasteiger partial charge < -0.3 is 9.47 Å². The summed E-state index contributed by atoms with van der Waals surface area (Å²) < 4.78 is 13.1. The second-order valence-electron chi connectivity index (χ2n) is 6.97. The van der Waals surface area contributed by atoms with Crippen molar-refractivity contribution in [1.82, 2.24) is 9.13 Å². The predicted octanol–water partition coefficient (Wildman–Crippen LogP) is 3.18. The number of carbonyl (C=O) groups excluding carboxylic acids is 1. The monoisotopic (exact) mass is 436 g/mol. The van der Waals surface area contributed by atoms with E-state index in [2.05, 4.69) is 0 Å². The third kappa shape index (κ3) is 4.15. The van der Waals surface area contributed by atoms with E-state index in [0.29, 0.717) is 16.0 Å². The Bertz CT molecular complexity index is 1350. The number of rotatable bonds is 6. The molecule has 0 bridgehead atoms. The van der Waals surface area contributed by atoms with Crippen LogP contribution in [0.4, 0.5) is 0 Å². The van der Waals surface area contributed by atoms with Crippen LogP contribution in [0.3, 0.4) is 0 Å². The van der Waals surface area contributed by atoms with Crippen LogP contribution in [0.15, 0.2) is 70.3 Å². The van der Waals surface area contributed by atoms with Gasteiger partial charge in [0.05, 0.1) is 19.0 Å². The van der Waals surface area contributed by atoms with Gasteiger partial charge >= 0.3 is 11.7 Å². The smallest absolute Gasteiger partial charge is 0.348 e. The zero-order valence-corrected chi connectivity index (χ0v) is 17.8. The van der Waals surface area contributed by atoms with E-state index >= 15 is 0 Å². The highest BCUT2D eigenvalue weighted by molar-refractivity contribution is 7.20. The molecule has 0 saturated heterocycles. The van der Waals surface area contributed by atoms with E-state index in [9.17, 15) is 14.4 Å². The van der Waals surface area contributed by atoms with Gasteiger partial charge in [-0.2, -0.15) is 0 Å². The average Bonchev–Trinajstić information content (AvgIpc) is 3.26. The van der Waals surface area contributed by atoms with E-state index < -0.39 is 17.2 Å². The number of fused-ring (bicyclic) bond motifs is 1. The van der Waals surface area contributed by atoms with E-state index in [1.165, 1.54) is 15.2 Å². The number of hydrogen-bond acceptors (Lipinski definition) is 6. The molecule has 0 aliphatic carbocycles. The predicted molar refractivity (Wildman–Crippen MR) is 119 cm³/mol. The Morgan fingerprint density at radius 2 is 1.71 bits per heavy atom. The molecule has 7 nitrogen and oxygen atoms in total. The summed E-state index contributed by atoms with van der Waals surface area (Å²) >= 11 is 1.07. The number of esters is 1. The second kappa shape index (κ2) is 8.61. The van der Waals surface area contributed by atoms with Gasteiger partial charge in [0.25, 0.3) is 5.56 Å². The Balaban J connectivity index is 1.61. The first-order valence-electron chi connectivity index (χ1n) is 9.55. The number of ether oxygens (including phenoxy) is 2. The van der Waals surface area contributed by atoms with Gasteiger partial charge in [0, 0.05) is 7.05 Å². The second-order valence-corrected chi connectivity index (χ2v) is 8.00. The molecule has 4 rings (SSSR count). The fourth-order valence-corrected chi connectivity index (χ4v) is 4.23. The maximum Gasteiger partial charge on any atom is 0.348 e. The summed E-state index contributed by atoms with van der Waals surface area (Å²) in [6.07, 6.45) is 0. The molecule has 2 heterocycles. The molecule has 0 fully saturated rings. The van der Waals surface area contributed by atoms with Crippen LogP contribution in [-0.4, -0.2) is 22.2 Å². The van der Waals surface area contributed by atoms with Crippen molar-refractivity contribution in [1.29, 1.82) is 0 Å². The van der Waals surface area contributed by atoms with Crippen LogP contribution in [0.5, 0.6) is 5.75 Å². The van der Waals surface area contributed by atoms with Crippen molar-refractivity contribution in [2.24, 2.45) is 7.05 Å². The Morgan fingerprint density at radius 1 is 1.00 bits per heavy atom. The zero-order chi connectivity index (χ0) is 22.0. The maximum absolute atomic E-state index is 13.0. The highest BCUT2D eigenvalue weighted by Gasteiger charge is 2.19. The van der Waals surface area contributed by atoms with E-state index in [0.717, 1.165) is 22.5 Å². The molecule has 8 heteroatoms. The van der Waals surface area contributed by atoms with Crippen LogP contribution >= 0.6 is 11.3 Å². The molecule has 0 N–H and O–H groups in total. The number of thiophene rings is 1. The van der Waals surface area contributed by atoms with Crippen molar-refractivity contribution in [3.63, 3.8) is 0 Å². The van der Waals surface area contributed by atoms with Gasteiger partial charge in [-0.25, -0.2) is 9.59 Å². The van der Waals surface area contributed by atoms with Crippen LogP contribution in [0.25, 0.3) is 10.2 Å². The SMILES string of the molecule is COc1ccc(COC(=O)c2cc3c(=O)n(Cc4ccccc4)c(=O)n(C)c3s2)cc1. The number of aryl methyl sites for hydroxylation is 1. The van der Waals surface area contributed by atoms with Gasteiger partial charge in [0.15, 0.2) is 0 Å². The molecular formula is C23H20N2O5S. The summed E-state index contributed by atoms with van der Waals surface area (Å²) in [5.41, 5.74) is 0.803. The van der Waals surface area contributed by atoms with Crippen LogP contribution in [0, 0.1) is 0 Å². The largest absolute Gasteiger partial charge is 0.497 e. The number of nitrogens with zero attached hydrogens (tertiary/aromatic N) is 2. The Kier molecular flexibility index (Phi) is 5.73. The maximum atomic E-state index is 13.0. The van der Waals surface area contributed by atoms with Crippen LogP contribution in [0.2, 0.25) is 0 Å². The van der Waals surface area contributed by atoms with Gasteiger partial charge in [0.1, 0.15) is 22.1 Å². The third-order valence-corrected chi connectivity index (χ3v) is 6.12. The standard InChI is InChI=1S/C23H20N2O5S/c1-24-21-18(20(26)25(23(24)28)13-15-6-4-3-5-7-15)12-19(31-21)22(27)30-14-16-8-10-17(29-2)11-9-16/h3-12H,13-14H2,1-2H3. The zero-order valence-electron chi connectivity index (χ0n) is 17.0. The molecule has 4 aromatic rings. The van der Waals surface area contributed by atoms with E-state index in [-0.39, 0.29) is 18.0 Å². The van der Waals surface area contributed by atoms with Gasteiger partial charge in [-0.1, -0.05) is 42.5 Å². The van der Waals surface area contributed by atoms with Crippen molar-refractivity contribution in [3.05, 3.63) is 97.5 Å². The quantitative estimate of drug-likeness (QED) is 0.434. The number of hydrogen-bond donors (Lipinski definition) is 0. The lowest BCUT2D eigenvalue weighted by atomic mass is 10.2. The normalized spacial score (nSPS) is 10.9. The summed E-state index contributed by atoms with van der Waals surface area (Å²) in [6.45, 7) is 0.254. The number of methoxy groups -OCH3 is 1. The molecule has 2 aromatic carbocycles. The molecule has 2 aromatic heterocycles. The first-order chi connectivity index (χ1) is 15.0. The summed E-state index contributed by atoms with van der Waals surface area (Å²) in [6, 6.07) is 18.0. The van der Waals surface area contributed by atoms with E-state index in [4.69, 9.17) is 9.47 Å². The van der Waals surface area contributed by atoms with Gasteiger partial charge in [-0.3, -0.25) is 13.9 Å². The van der Waals surface area contributed by atoms with Crippen molar-refractivity contribution >= 4 is 27.5 Å². The number of carbonyl (C=O) groups is 1. The Morgan fingerprint density at radius 3 is 2.39 bits per heavy atom. The molecule has 158 valence electrons. The average molecular weight is 436 g/mol. The fourth-order valence-electron chi connectivity index (χ4n) is 3.23. The van der Waals surface area contributed by atoms with E-state index in [1.54, 1.807) is 26.3 Å². The fraction of sp³-hybridized carbons (Fsp3) is 0.174. The Labute approximate surface area is 181 Å². The Hall–Kier alpha value is -3.65. The highest BCUT2D eigenvalue weighted by atomic mass is 32.1. The lowest BCUT2D eigenvalue weighted by molar-refractivity contribution is 0.0478. The number of aromatic nitrogens is 2. The molecule has 0 aliphatic heterocycles. The molecular weight excluding hydrogens is 416 g/mol. The lowest BCUT2D eigenvalue weighted by Gasteiger charge is -2.08. The molecule has 0 radical (unpaired) electrons. The van der Waals surface area contributed by atoms with Gasteiger partial charge in [0.2, 0.25) is 0 Å².